The maximum absolute atomic E-state index is 6.57. The van der Waals surface area contributed by atoms with E-state index in [9.17, 15) is 0 Å². The molecule has 3 heteroatoms. The minimum atomic E-state index is 0.696. The average Bonchev–Trinajstić information content (AvgIpc) is 3.51. The van der Waals surface area contributed by atoms with E-state index in [1.54, 1.807) is 0 Å². The lowest BCUT2D eigenvalue weighted by Crippen LogP contribution is -1.96. The first-order valence-electron chi connectivity index (χ1n) is 15.8. The first-order valence-corrected chi connectivity index (χ1v) is 15.8. The number of fused-ring (bicyclic) bond motifs is 4. The van der Waals surface area contributed by atoms with Gasteiger partial charge in [-0.05, 0) is 63.4 Å². The number of aromatic nitrogens is 2. The standard InChI is InChI=1S/C44H28N2O/c1-4-12-30(13-5-1)37-25-36(27-42-43(37)38-24-34-18-10-11-19-35(34)26-41(38)47-42)29-20-22-33(23-21-29)44-45-39(31-14-6-2-7-15-31)28-40(46-44)32-16-8-3-9-17-32/h1-28H. The van der Waals surface area contributed by atoms with Gasteiger partial charge in [0, 0.05) is 27.5 Å². The lowest BCUT2D eigenvalue weighted by Gasteiger charge is -2.11. The van der Waals surface area contributed by atoms with Crippen LogP contribution in [0, 0.1) is 0 Å². The first kappa shape index (κ1) is 27.0. The second kappa shape index (κ2) is 11.2. The SMILES string of the molecule is c1ccc(-c2cc(-c3ccccc3)nc(-c3ccc(-c4cc(-c5ccccc5)c5c(c4)oc4cc6ccccc6cc45)cc3)n2)cc1. The Balaban J connectivity index is 1.18. The van der Waals surface area contributed by atoms with Crippen molar-refractivity contribution in [3.63, 3.8) is 0 Å². The van der Waals surface area contributed by atoms with Crippen LogP contribution in [0.3, 0.4) is 0 Å². The smallest absolute Gasteiger partial charge is 0.160 e. The summed E-state index contributed by atoms with van der Waals surface area (Å²) < 4.78 is 6.57. The molecule has 0 aliphatic rings. The van der Waals surface area contributed by atoms with Crippen LogP contribution in [0.2, 0.25) is 0 Å². The molecule has 0 bridgehead atoms. The highest BCUT2D eigenvalue weighted by molar-refractivity contribution is 6.16. The Kier molecular flexibility index (Phi) is 6.46. The number of benzene rings is 7. The van der Waals surface area contributed by atoms with Gasteiger partial charge in [0.1, 0.15) is 11.2 Å². The highest BCUT2D eigenvalue weighted by Gasteiger charge is 2.17. The Hall–Kier alpha value is -6.32. The summed E-state index contributed by atoms with van der Waals surface area (Å²) in [5, 5.41) is 4.64. The summed E-state index contributed by atoms with van der Waals surface area (Å²) in [5.74, 6) is 0.696. The second-order valence-electron chi connectivity index (χ2n) is 11.8. The molecular weight excluding hydrogens is 572 g/mol. The third-order valence-electron chi connectivity index (χ3n) is 8.87. The molecule has 0 fully saturated rings. The van der Waals surface area contributed by atoms with Crippen LogP contribution in [-0.4, -0.2) is 9.97 Å². The van der Waals surface area contributed by atoms with E-state index in [2.05, 4.69) is 133 Å². The fraction of sp³-hybridized carbons (Fsp3) is 0. The molecule has 0 spiro atoms. The van der Waals surface area contributed by atoms with E-state index in [1.165, 1.54) is 10.8 Å². The molecule has 0 amide bonds. The molecule has 3 nitrogen and oxygen atoms in total. The fourth-order valence-corrected chi connectivity index (χ4v) is 6.51. The third-order valence-corrected chi connectivity index (χ3v) is 8.87. The lowest BCUT2D eigenvalue weighted by molar-refractivity contribution is 0.669. The number of furan rings is 1. The van der Waals surface area contributed by atoms with Crippen molar-refractivity contribution in [1.82, 2.24) is 9.97 Å². The molecule has 220 valence electrons. The Labute approximate surface area is 272 Å². The van der Waals surface area contributed by atoms with Gasteiger partial charge >= 0.3 is 0 Å². The van der Waals surface area contributed by atoms with Crippen LogP contribution in [0.25, 0.3) is 88.9 Å². The molecule has 0 atom stereocenters. The van der Waals surface area contributed by atoms with Gasteiger partial charge in [0.05, 0.1) is 11.4 Å². The van der Waals surface area contributed by atoms with Gasteiger partial charge in [0.2, 0.25) is 0 Å². The molecule has 2 aromatic heterocycles. The molecular formula is C44H28N2O. The van der Waals surface area contributed by atoms with Gasteiger partial charge < -0.3 is 4.42 Å². The number of hydrogen-bond donors (Lipinski definition) is 0. The largest absolute Gasteiger partial charge is 0.456 e. The van der Waals surface area contributed by atoms with E-state index in [0.29, 0.717) is 5.82 Å². The fourth-order valence-electron chi connectivity index (χ4n) is 6.51. The molecule has 47 heavy (non-hydrogen) atoms. The van der Waals surface area contributed by atoms with Crippen LogP contribution in [-0.2, 0) is 0 Å². The second-order valence-corrected chi connectivity index (χ2v) is 11.8. The third kappa shape index (κ3) is 4.95. The molecule has 9 rings (SSSR count). The highest BCUT2D eigenvalue weighted by atomic mass is 16.3. The van der Waals surface area contributed by atoms with Gasteiger partial charge in [0.25, 0.3) is 0 Å². The Morgan fingerprint density at radius 3 is 1.51 bits per heavy atom. The van der Waals surface area contributed by atoms with Gasteiger partial charge in [-0.15, -0.1) is 0 Å². The minimum absolute atomic E-state index is 0.696. The summed E-state index contributed by atoms with van der Waals surface area (Å²) >= 11 is 0. The molecule has 0 saturated carbocycles. The van der Waals surface area contributed by atoms with E-state index in [-0.39, 0.29) is 0 Å². The zero-order valence-corrected chi connectivity index (χ0v) is 25.5. The van der Waals surface area contributed by atoms with Gasteiger partial charge in [-0.3, -0.25) is 0 Å². The molecule has 0 aliphatic heterocycles. The van der Waals surface area contributed by atoms with Crippen LogP contribution in [0.1, 0.15) is 0 Å². The summed E-state index contributed by atoms with van der Waals surface area (Å²) in [6.45, 7) is 0. The van der Waals surface area contributed by atoms with Crippen LogP contribution >= 0.6 is 0 Å². The minimum Gasteiger partial charge on any atom is -0.456 e. The Bertz CT molecular complexity index is 2480. The summed E-state index contributed by atoms with van der Waals surface area (Å²) in [6, 6.07) is 59.1. The molecule has 0 saturated heterocycles. The topological polar surface area (TPSA) is 38.9 Å². The van der Waals surface area contributed by atoms with E-state index >= 15 is 0 Å². The molecule has 2 heterocycles. The van der Waals surface area contributed by atoms with E-state index in [0.717, 1.165) is 72.3 Å². The quantitative estimate of drug-likeness (QED) is 0.197. The summed E-state index contributed by atoms with van der Waals surface area (Å²) in [5.41, 5.74) is 11.2. The van der Waals surface area contributed by atoms with Crippen molar-refractivity contribution >= 4 is 32.7 Å². The molecule has 7 aromatic carbocycles. The Morgan fingerprint density at radius 1 is 0.362 bits per heavy atom. The number of nitrogens with zero attached hydrogens (tertiary/aromatic N) is 2. The molecule has 0 unspecified atom stereocenters. The van der Waals surface area contributed by atoms with Gasteiger partial charge in [-0.25, -0.2) is 9.97 Å². The van der Waals surface area contributed by atoms with Crippen molar-refractivity contribution in [2.75, 3.05) is 0 Å². The predicted octanol–water partition coefficient (Wildman–Crippen LogP) is 11.9. The summed E-state index contributed by atoms with van der Waals surface area (Å²) in [7, 11) is 0. The lowest BCUT2D eigenvalue weighted by atomic mass is 9.93. The zero-order valence-electron chi connectivity index (χ0n) is 25.5. The van der Waals surface area contributed by atoms with E-state index < -0.39 is 0 Å². The molecule has 0 radical (unpaired) electrons. The molecule has 9 aromatic rings. The summed E-state index contributed by atoms with van der Waals surface area (Å²) in [4.78, 5) is 10.0. The van der Waals surface area contributed by atoms with Crippen molar-refractivity contribution in [2.45, 2.75) is 0 Å². The number of hydrogen-bond acceptors (Lipinski definition) is 3. The maximum Gasteiger partial charge on any atom is 0.160 e. The van der Waals surface area contributed by atoms with Crippen molar-refractivity contribution < 1.29 is 4.42 Å². The van der Waals surface area contributed by atoms with Crippen molar-refractivity contribution in [3.05, 3.63) is 170 Å². The van der Waals surface area contributed by atoms with Gasteiger partial charge in [0.15, 0.2) is 5.82 Å². The number of rotatable bonds is 5. The molecule has 0 N–H and O–H groups in total. The van der Waals surface area contributed by atoms with Gasteiger partial charge in [-0.1, -0.05) is 140 Å². The normalized spacial score (nSPS) is 11.4. The Morgan fingerprint density at radius 2 is 0.894 bits per heavy atom. The van der Waals surface area contributed by atoms with Crippen LogP contribution in [0.15, 0.2) is 174 Å². The van der Waals surface area contributed by atoms with E-state index in [1.807, 2.05) is 36.4 Å². The van der Waals surface area contributed by atoms with Gasteiger partial charge in [-0.2, -0.15) is 0 Å². The van der Waals surface area contributed by atoms with Crippen molar-refractivity contribution in [3.8, 4) is 56.2 Å². The monoisotopic (exact) mass is 600 g/mol. The summed E-state index contributed by atoms with van der Waals surface area (Å²) in [6.07, 6.45) is 0. The van der Waals surface area contributed by atoms with Crippen LogP contribution in [0.5, 0.6) is 0 Å². The van der Waals surface area contributed by atoms with Crippen molar-refractivity contribution in [2.24, 2.45) is 0 Å². The molecule has 0 aliphatic carbocycles. The first-order chi connectivity index (χ1) is 23.3. The van der Waals surface area contributed by atoms with Crippen LogP contribution < -0.4 is 0 Å². The predicted molar refractivity (Wildman–Crippen MR) is 194 cm³/mol. The van der Waals surface area contributed by atoms with Crippen molar-refractivity contribution in [1.29, 1.82) is 0 Å². The highest BCUT2D eigenvalue weighted by Crippen LogP contribution is 2.41. The average molecular weight is 601 g/mol. The van der Waals surface area contributed by atoms with E-state index in [4.69, 9.17) is 14.4 Å². The zero-order chi connectivity index (χ0) is 31.2. The van der Waals surface area contributed by atoms with Crippen LogP contribution in [0.4, 0.5) is 0 Å². The maximum atomic E-state index is 6.57.